The fourth-order valence-corrected chi connectivity index (χ4v) is 5.05. The van der Waals surface area contributed by atoms with E-state index in [0.717, 1.165) is 23.8 Å². The van der Waals surface area contributed by atoms with Gasteiger partial charge in [-0.3, -0.25) is 14.2 Å². The zero-order valence-electron chi connectivity index (χ0n) is 19.3. The van der Waals surface area contributed by atoms with E-state index in [2.05, 4.69) is 20.1 Å². The van der Waals surface area contributed by atoms with Gasteiger partial charge in [-0.2, -0.15) is 0 Å². The Hall–Kier alpha value is -2.87. The van der Waals surface area contributed by atoms with Crippen molar-refractivity contribution in [2.45, 2.75) is 69.3 Å². The predicted molar refractivity (Wildman–Crippen MR) is 129 cm³/mol. The van der Waals surface area contributed by atoms with Crippen molar-refractivity contribution in [1.29, 1.82) is 0 Å². The van der Waals surface area contributed by atoms with Crippen LogP contribution in [0.1, 0.15) is 69.3 Å². The van der Waals surface area contributed by atoms with Crippen molar-refractivity contribution in [3.8, 4) is 11.6 Å². The average Bonchev–Trinajstić information content (AvgIpc) is 3.49. The molecule has 1 aliphatic rings. The van der Waals surface area contributed by atoms with E-state index < -0.39 is 0 Å². The van der Waals surface area contributed by atoms with E-state index in [4.69, 9.17) is 4.42 Å². The number of carbonyl (C=O) groups is 2. The van der Waals surface area contributed by atoms with Gasteiger partial charge in [0.15, 0.2) is 16.7 Å². The molecule has 7 nitrogen and oxygen atoms in total. The largest absolute Gasteiger partial charge is 0.461 e. The second-order valence-electron chi connectivity index (χ2n) is 8.79. The molecular formula is C25H30N4O3S. The number of benzene rings is 1. The van der Waals surface area contributed by atoms with Gasteiger partial charge in [0.25, 0.3) is 0 Å². The van der Waals surface area contributed by atoms with Crippen LogP contribution in [0.25, 0.3) is 11.6 Å². The third-order valence-electron chi connectivity index (χ3n) is 5.96. The Morgan fingerprint density at radius 2 is 1.79 bits per heavy atom. The zero-order valence-corrected chi connectivity index (χ0v) is 20.1. The maximum absolute atomic E-state index is 13.1. The lowest BCUT2D eigenvalue weighted by Crippen LogP contribution is -2.19. The van der Waals surface area contributed by atoms with Crippen LogP contribution >= 0.6 is 11.8 Å². The number of furan rings is 1. The minimum atomic E-state index is -0.336. The summed E-state index contributed by atoms with van der Waals surface area (Å²) in [6.45, 7) is 5.58. The van der Waals surface area contributed by atoms with Crippen LogP contribution in [0.3, 0.4) is 0 Å². The van der Waals surface area contributed by atoms with Gasteiger partial charge in [0.1, 0.15) is 0 Å². The van der Waals surface area contributed by atoms with Gasteiger partial charge < -0.3 is 9.73 Å². The fourth-order valence-electron chi connectivity index (χ4n) is 4.05. The van der Waals surface area contributed by atoms with Gasteiger partial charge in [0.2, 0.25) is 11.7 Å². The van der Waals surface area contributed by atoms with E-state index in [1.807, 2.05) is 32.9 Å². The van der Waals surface area contributed by atoms with Crippen molar-refractivity contribution in [2.75, 3.05) is 5.32 Å². The fraction of sp³-hybridized carbons (Fsp3) is 0.440. The summed E-state index contributed by atoms with van der Waals surface area (Å²) in [5, 5.41) is 12.1. The Labute approximate surface area is 198 Å². The first-order valence-electron chi connectivity index (χ1n) is 11.5. The lowest BCUT2D eigenvalue weighted by Gasteiger charge is -2.25. The monoisotopic (exact) mass is 466 g/mol. The number of aromatic nitrogens is 3. The highest BCUT2D eigenvalue weighted by Crippen LogP contribution is 2.37. The molecule has 8 heteroatoms. The maximum Gasteiger partial charge on any atom is 0.226 e. The summed E-state index contributed by atoms with van der Waals surface area (Å²) in [6.07, 6.45) is 7.40. The Morgan fingerprint density at radius 3 is 2.42 bits per heavy atom. The summed E-state index contributed by atoms with van der Waals surface area (Å²) in [7, 11) is 0. The van der Waals surface area contributed by atoms with Crippen LogP contribution in [0.2, 0.25) is 0 Å². The maximum atomic E-state index is 13.1. The number of anilines is 1. The average molecular weight is 467 g/mol. The highest BCUT2D eigenvalue weighted by molar-refractivity contribution is 8.00. The number of ketones is 1. The molecule has 1 atom stereocenters. The summed E-state index contributed by atoms with van der Waals surface area (Å²) < 4.78 is 7.77. The van der Waals surface area contributed by atoms with E-state index in [1.165, 1.54) is 31.0 Å². The van der Waals surface area contributed by atoms with Gasteiger partial charge >= 0.3 is 0 Å². The SMILES string of the molecule is CC(C)C(=O)Nc1ccc(C(=O)C(C)Sc2nnc(-c3ccco3)n2C2CCCCC2)cc1. The van der Waals surface area contributed by atoms with Crippen LogP contribution in [0.4, 0.5) is 5.69 Å². The summed E-state index contributed by atoms with van der Waals surface area (Å²) in [4.78, 5) is 25.0. The molecule has 1 unspecified atom stereocenters. The second kappa shape index (κ2) is 10.4. The zero-order chi connectivity index (χ0) is 23.4. The molecule has 1 fully saturated rings. The molecule has 2 heterocycles. The minimum Gasteiger partial charge on any atom is -0.461 e. The van der Waals surface area contributed by atoms with Gasteiger partial charge in [0, 0.05) is 23.2 Å². The smallest absolute Gasteiger partial charge is 0.226 e. The van der Waals surface area contributed by atoms with Crippen LogP contribution < -0.4 is 5.32 Å². The number of rotatable bonds is 8. The van der Waals surface area contributed by atoms with E-state index in [-0.39, 0.29) is 22.9 Å². The van der Waals surface area contributed by atoms with Crippen molar-refractivity contribution in [2.24, 2.45) is 5.92 Å². The molecule has 3 aromatic rings. The number of nitrogens with one attached hydrogen (secondary N) is 1. The summed E-state index contributed by atoms with van der Waals surface area (Å²) in [5.74, 6) is 1.28. The molecule has 0 radical (unpaired) electrons. The summed E-state index contributed by atoms with van der Waals surface area (Å²) >= 11 is 1.43. The molecular weight excluding hydrogens is 436 g/mol. The normalized spacial score (nSPS) is 15.5. The predicted octanol–water partition coefficient (Wildman–Crippen LogP) is 6.00. The molecule has 0 bridgehead atoms. The van der Waals surface area contributed by atoms with Crippen LogP contribution in [0.15, 0.2) is 52.2 Å². The Balaban J connectivity index is 1.51. The van der Waals surface area contributed by atoms with E-state index in [9.17, 15) is 9.59 Å². The van der Waals surface area contributed by atoms with Crippen molar-refractivity contribution in [3.63, 3.8) is 0 Å². The molecule has 1 aromatic carbocycles. The number of nitrogens with zero attached hydrogens (tertiary/aromatic N) is 3. The molecule has 4 rings (SSSR count). The first-order chi connectivity index (χ1) is 15.9. The molecule has 1 N–H and O–H groups in total. The van der Waals surface area contributed by atoms with E-state index in [0.29, 0.717) is 23.1 Å². The molecule has 1 saturated carbocycles. The third-order valence-corrected chi connectivity index (χ3v) is 7.02. The molecule has 0 saturated heterocycles. The quantitative estimate of drug-likeness (QED) is 0.323. The first-order valence-corrected chi connectivity index (χ1v) is 12.4. The summed E-state index contributed by atoms with van der Waals surface area (Å²) in [5.41, 5.74) is 1.29. The lowest BCUT2D eigenvalue weighted by molar-refractivity contribution is -0.118. The van der Waals surface area contributed by atoms with Crippen LogP contribution in [-0.4, -0.2) is 31.7 Å². The van der Waals surface area contributed by atoms with Crippen molar-refractivity contribution in [1.82, 2.24) is 14.8 Å². The highest BCUT2D eigenvalue weighted by Gasteiger charge is 2.27. The van der Waals surface area contributed by atoms with Gasteiger partial charge in [0.05, 0.1) is 11.5 Å². The Kier molecular flexibility index (Phi) is 7.33. The minimum absolute atomic E-state index is 0.0134. The van der Waals surface area contributed by atoms with Gasteiger partial charge in [-0.25, -0.2) is 0 Å². The van der Waals surface area contributed by atoms with E-state index in [1.54, 1.807) is 30.5 Å². The molecule has 1 amide bonds. The number of hydrogen-bond acceptors (Lipinski definition) is 6. The topological polar surface area (TPSA) is 90.0 Å². The molecule has 0 spiro atoms. The number of Topliss-reactive ketones (excluding diaryl/α,β-unsaturated/α-hetero) is 1. The van der Waals surface area contributed by atoms with Gasteiger partial charge in [-0.1, -0.05) is 44.9 Å². The van der Waals surface area contributed by atoms with E-state index >= 15 is 0 Å². The third kappa shape index (κ3) is 5.38. The molecule has 33 heavy (non-hydrogen) atoms. The Morgan fingerprint density at radius 1 is 1.06 bits per heavy atom. The number of carbonyl (C=O) groups excluding carboxylic acids is 2. The molecule has 1 aliphatic carbocycles. The standard InChI is InChI=1S/C25H30N4O3S/c1-16(2)24(31)26-19-13-11-18(12-14-19)22(30)17(3)33-25-28-27-23(21-10-7-15-32-21)29(25)20-8-5-4-6-9-20/h7,10-17,20H,4-6,8-9H2,1-3H3,(H,26,31). The lowest BCUT2D eigenvalue weighted by atomic mass is 9.95. The van der Waals surface area contributed by atoms with Crippen LogP contribution in [0.5, 0.6) is 0 Å². The molecule has 174 valence electrons. The van der Waals surface area contributed by atoms with Crippen molar-refractivity contribution in [3.05, 3.63) is 48.2 Å². The van der Waals surface area contributed by atoms with Gasteiger partial charge in [-0.15, -0.1) is 10.2 Å². The van der Waals surface area contributed by atoms with Gasteiger partial charge in [-0.05, 0) is 56.2 Å². The number of hydrogen-bond donors (Lipinski definition) is 1. The number of thioether (sulfide) groups is 1. The van der Waals surface area contributed by atoms with Crippen molar-refractivity contribution >= 4 is 29.1 Å². The summed E-state index contributed by atoms with van der Waals surface area (Å²) in [6, 6.07) is 11.1. The second-order valence-corrected chi connectivity index (χ2v) is 10.1. The number of amides is 1. The molecule has 0 aliphatic heterocycles. The van der Waals surface area contributed by atoms with Crippen LogP contribution in [-0.2, 0) is 4.79 Å². The van der Waals surface area contributed by atoms with Crippen LogP contribution in [0, 0.1) is 5.92 Å². The highest BCUT2D eigenvalue weighted by atomic mass is 32.2. The Bertz CT molecular complexity index is 1080. The van der Waals surface area contributed by atoms with Crippen molar-refractivity contribution < 1.29 is 14.0 Å². The molecule has 2 aromatic heterocycles. The first kappa shape index (κ1) is 23.3.